The van der Waals surface area contributed by atoms with Gasteiger partial charge in [0.1, 0.15) is 11.6 Å². The van der Waals surface area contributed by atoms with Gasteiger partial charge in [-0.05, 0) is 12.1 Å². The first-order valence-corrected chi connectivity index (χ1v) is 5.70. The van der Waals surface area contributed by atoms with Gasteiger partial charge in [-0.3, -0.25) is 14.5 Å². The van der Waals surface area contributed by atoms with Crippen molar-refractivity contribution in [3.63, 3.8) is 0 Å². The molecule has 1 aliphatic rings. The molecule has 5 nitrogen and oxygen atoms in total. The number of nitrogens with zero attached hydrogens (tertiary/aromatic N) is 3. The van der Waals surface area contributed by atoms with E-state index in [0.717, 1.165) is 4.90 Å². The number of fused-ring (bicyclic) bond motifs is 1. The van der Waals surface area contributed by atoms with Crippen molar-refractivity contribution >= 4 is 17.4 Å². The Morgan fingerprint density at radius 3 is 2.79 bits per heavy atom. The maximum atomic E-state index is 13.8. The quantitative estimate of drug-likeness (QED) is 0.764. The summed E-state index contributed by atoms with van der Waals surface area (Å²) < 4.78 is 15.6. The molecule has 3 rings (SSSR count). The van der Waals surface area contributed by atoms with Gasteiger partial charge in [-0.2, -0.15) is 0 Å². The third kappa shape index (κ3) is 1.64. The summed E-state index contributed by atoms with van der Waals surface area (Å²) in [6, 6.07) is 4.11. The van der Waals surface area contributed by atoms with Crippen molar-refractivity contribution in [2.45, 2.75) is 6.54 Å². The van der Waals surface area contributed by atoms with Crippen LogP contribution < -0.4 is 4.90 Å². The molecule has 2 heterocycles. The summed E-state index contributed by atoms with van der Waals surface area (Å²) in [6.45, 7) is 0.0714. The third-order valence-corrected chi connectivity index (χ3v) is 3.16. The number of benzene rings is 1. The number of Topliss-reactive ketones (excluding diaryl/α,β-unsaturated/α-hetero) is 1. The lowest BCUT2D eigenvalue weighted by Crippen LogP contribution is -2.30. The molecule has 0 saturated heterocycles. The smallest absolute Gasteiger partial charge is 0.299 e. The van der Waals surface area contributed by atoms with Crippen molar-refractivity contribution in [1.29, 1.82) is 0 Å². The maximum Gasteiger partial charge on any atom is 0.299 e. The van der Waals surface area contributed by atoms with Gasteiger partial charge in [-0.25, -0.2) is 9.37 Å². The second-order valence-electron chi connectivity index (χ2n) is 4.31. The highest BCUT2D eigenvalue weighted by atomic mass is 19.1. The zero-order valence-corrected chi connectivity index (χ0v) is 10.1. The van der Waals surface area contributed by atoms with Gasteiger partial charge in [0, 0.05) is 19.4 Å². The molecule has 1 aromatic heterocycles. The van der Waals surface area contributed by atoms with Gasteiger partial charge in [0.2, 0.25) is 0 Å². The molecule has 0 radical (unpaired) electrons. The summed E-state index contributed by atoms with van der Waals surface area (Å²) in [7, 11) is 1.77. The van der Waals surface area contributed by atoms with Crippen LogP contribution in [0.5, 0.6) is 0 Å². The Bertz CT molecular complexity index is 693. The number of imidazole rings is 1. The zero-order chi connectivity index (χ0) is 13.6. The Hall–Kier alpha value is -2.50. The van der Waals surface area contributed by atoms with Gasteiger partial charge in [0.25, 0.3) is 11.7 Å². The fourth-order valence-electron chi connectivity index (χ4n) is 2.15. The van der Waals surface area contributed by atoms with Crippen molar-refractivity contribution in [3.8, 4) is 0 Å². The molecule has 0 unspecified atom stereocenters. The minimum absolute atomic E-state index is 0.0421. The monoisotopic (exact) mass is 259 g/mol. The van der Waals surface area contributed by atoms with E-state index >= 15 is 0 Å². The van der Waals surface area contributed by atoms with Crippen LogP contribution in [0.1, 0.15) is 16.2 Å². The fraction of sp³-hybridized carbons (Fsp3) is 0.154. The number of carbonyl (C=O) groups is 2. The molecule has 2 aromatic rings. The normalized spacial score (nSPS) is 14.1. The van der Waals surface area contributed by atoms with E-state index in [9.17, 15) is 14.0 Å². The summed E-state index contributed by atoms with van der Waals surface area (Å²) in [4.78, 5) is 28.9. The Morgan fingerprint density at radius 2 is 2.11 bits per heavy atom. The van der Waals surface area contributed by atoms with Crippen LogP contribution in [0.15, 0.2) is 30.6 Å². The summed E-state index contributed by atoms with van der Waals surface area (Å²) in [5, 5.41) is 0. The summed E-state index contributed by atoms with van der Waals surface area (Å²) in [5.41, 5.74) is 0.153. The largest absolute Gasteiger partial charge is 0.337 e. The number of hydrogen-bond acceptors (Lipinski definition) is 3. The molecule has 0 N–H and O–H groups in total. The molecule has 0 aliphatic carbocycles. The molecule has 96 valence electrons. The highest BCUT2D eigenvalue weighted by molar-refractivity contribution is 6.52. The average molecular weight is 259 g/mol. The molecule has 19 heavy (non-hydrogen) atoms. The van der Waals surface area contributed by atoms with Crippen molar-refractivity contribution in [1.82, 2.24) is 9.55 Å². The van der Waals surface area contributed by atoms with E-state index in [1.807, 2.05) is 0 Å². The van der Waals surface area contributed by atoms with Crippen molar-refractivity contribution in [3.05, 3.63) is 47.8 Å². The van der Waals surface area contributed by atoms with Crippen LogP contribution in [0.4, 0.5) is 10.1 Å². The SMILES string of the molecule is Cn1ccnc1CN1C(=O)C(=O)c2cccc(F)c21. The standard InChI is InChI=1S/C13H10FN3O2/c1-16-6-5-15-10(16)7-17-11-8(12(18)13(17)19)3-2-4-9(11)14/h2-6H,7H2,1H3. The van der Waals surface area contributed by atoms with Crippen LogP contribution in [-0.4, -0.2) is 21.2 Å². The highest BCUT2D eigenvalue weighted by Gasteiger charge is 2.38. The topological polar surface area (TPSA) is 55.2 Å². The average Bonchev–Trinajstić information content (AvgIpc) is 2.89. The lowest BCUT2D eigenvalue weighted by atomic mass is 10.1. The van der Waals surface area contributed by atoms with Crippen LogP contribution in [-0.2, 0) is 18.4 Å². The molecular formula is C13H10FN3O2. The van der Waals surface area contributed by atoms with Crippen molar-refractivity contribution in [2.75, 3.05) is 4.90 Å². The Morgan fingerprint density at radius 1 is 1.32 bits per heavy atom. The number of amides is 1. The Balaban J connectivity index is 2.07. The fourth-order valence-corrected chi connectivity index (χ4v) is 2.15. The van der Waals surface area contributed by atoms with Crippen LogP contribution in [0.2, 0.25) is 0 Å². The van der Waals surface area contributed by atoms with Gasteiger partial charge in [0.15, 0.2) is 0 Å². The first-order valence-electron chi connectivity index (χ1n) is 5.70. The number of para-hydroxylation sites is 1. The number of aromatic nitrogens is 2. The summed E-state index contributed by atoms with van der Waals surface area (Å²) in [6.07, 6.45) is 3.31. The molecule has 1 aromatic carbocycles. The van der Waals surface area contributed by atoms with E-state index in [0.29, 0.717) is 5.82 Å². The predicted molar refractivity (Wildman–Crippen MR) is 65.1 cm³/mol. The predicted octanol–water partition coefficient (Wildman–Crippen LogP) is 1.29. The minimum atomic E-state index is -0.719. The number of halogens is 1. The van der Waals surface area contributed by atoms with E-state index < -0.39 is 17.5 Å². The van der Waals surface area contributed by atoms with E-state index in [-0.39, 0.29) is 17.8 Å². The second-order valence-corrected chi connectivity index (χ2v) is 4.31. The number of anilines is 1. The van der Waals surface area contributed by atoms with Crippen LogP contribution >= 0.6 is 0 Å². The number of ketones is 1. The van der Waals surface area contributed by atoms with Crippen LogP contribution in [0.3, 0.4) is 0 Å². The summed E-state index contributed by atoms with van der Waals surface area (Å²) >= 11 is 0. The molecule has 0 bridgehead atoms. The Labute approximate surface area is 108 Å². The number of aryl methyl sites for hydroxylation is 1. The second kappa shape index (κ2) is 4.01. The molecule has 0 spiro atoms. The zero-order valence-electron chi connectivity index (χ0n) is 10.1. The maximum absolute atomic E-state index is 13.8. The number of rotatable bonds is 2. The molecule has 6 heteroatoms. The van der Waals surface area contributed by atoms with Gasteiger partial charge in [0.05, 0.1) is 17.8 Å². The van der Waals surface area contributed by atoms with Crippen molar-refractivity contribution in [2.24, 2.45) is 7.05 Å². The van der Waals surface area contributed by atoms with Crippen LogP contribution in [0.25, 0.3) is 0 Å². The molecule has 1 amide bonds. The first kappa shape index (κ1) is 11.6. The lowest BCUT2D eigenvalue weighted by Gasteiger charge is -2.16. The molecule has 0 atom stereocenters. The Kier molecular flexibility index (Phi) is 2.45. The van der Waals surface area contributed by atoms with Gasteiger partial charge >= 0.3 is 0 Å². The van der Waals surface area contributed by atoms with E-state index in [2.05, 4.69) is 4.98 Å². The van der Waals surface area contributed by atoms with E-state index in [4.69, 9.17) is 0 Å². The number of carbonyl (C=O) groups excluding carboxylic acids is 2. The minimum Gasteiger partial charge on any atom is -0.337 e. The van der Waals surface area contributed by atoms with Gasteiger partial charge < -0.3 is 4.57 Å². The molecule has 0 saturated carbocycles. The first-order chi connectivity index (χ1) is 9.09. The molecule has 0 fully saturated rings. The third-order valence-electron chi connectivity index (χ3n) is 3.16. The highest BCUT2D eigenvalue weighted by Crippen LogP contribution is 2.32. The molecule has 1 aliphatic heterocycles. The number of hydrogen-bond donors (Lipinski definition) is 0. The molecular weight excluding hydrogens is 249 g/mol. The van der Waals surface area contributed by atoms with E-state index in [1.165, 1.54) is 18.2 Å². The lowest BCUT2D eigenvalue weighted by molar-refractivity contribution is -0.114. The summed E-state index contributed by atoms with van der Waals surface area (Å²) in [5.74, 6) is -1.39. The van der Waals surface area contributed by atoms with Gasteiger partial charge in [-0.1, -0.05) is 6.07 Å². The van der Waals surface area contributed by atoms with E-state index in [1.54, 1.807) is 24.0 Å². The van der Waals surface area contributed by atoms with Crippen LogP contribution in [0, 0.1) is 5.82 Å². The van der Waals surface area contributed by atoms with Crippen molar-refractivity contribution < 1.29 is 14.0 Å². The van der Waals surface area contributed by atoms with Gasteiger partial charge in [-0.15, -0.1) is 0 Å².